The third-order valence-electron chi connectivity index (χ3n) is 4.80. The van der Waals surface area contributed by atoms with Crippen molar-refractivity contribution in [1.29, 1.82) is 0 Å². The van der Waals surface area contributed by atoms with Crippen LogP contribution in [0.4, 0.5) is 0 Å². The first-order chi connectivity index (χ1) is 14.1. The first-order valence-corrected chi connectivity index (χ1v) is 9.33. The third kappa shape index (κ3) is 4.24. The van der Waals surface area contributed by atoms with E-state index in [0.717, 1.165) is 22.0 Å². The summed E-state index contributed by atoms with van der Waals surface area (Å²) in [6, 6.07) is 19.7. The van der Waals surface area contributed by atoms with E-state index in [1.807, 2.05) is 67.6 Å². The van der Waals surface area contributed by atoms with Gasteiger partial charge in [-0.1, -0.05) is 36.4 Å². The first kappa shape index (κ1) is 18.6. The van der Waals surface area contributed by atoms with Crippen LogP contribution in [0.2, 0.25) is 0 Å². The molecule has 0 bridgehead atoms. The second kappa shape index (κ2) is 8.10. The molecule has 0 spiro atoms. The Bertz CT molecular complexity index is 1170. The van der Waals surface area contributed by atoms with Crippen LogP contribution in [-0.2, 0) is 11.3 Å². The van der Waals surface area contributed by atoms with E-state index < -0.39 is 0 Å². The molecule has 0 aliphatic carbocycles. The van der Waals surface area contributed by atoms with Gasteiger partial charge in [0.25, 0.3) is 5.91 Å². The molecular weight excluding hydrogens is 366 g/mol. The summed E-state index contributed by atoms with van der Waals surface area (Å²) in [5, 5.41) is 16.8. The Morgan fingerprint density at radius 2 is 1.83 bits per heavy atom. The number of fused-ring (bicyclic) bond motifs is 1. The van der Waals surface area contributed by atoms with E-state index in [1.165, 1.54) is 5.56 Å². The van der Waals surface area contributed by atoms with Crippen molar-refractivity contribution in [2.75, 3.05) is 6.61 Å². The van der Waals surface area contributed by atoms with Crippen LogP contribution in [0, 0.1) is 13.8 Å². The maximum Gasteiger partial charge on any atom is 0.258 e. The SMILES string of the molecule is Cc1ccc(-n2nnnc2CNC(=O)COc2ccc3ccccc3c2)cc1C. The molecular formula is C22H21N5O2. The van der Waals surface area contributed by atoms with Gasteiger partial charge in [0.1, 0.15) is 5.75 Å². The number of aryl methyl sites for hydroxylation is 2. The average molecular weight is 387 g/mol. The number of nitrogens with one attached hydrogen (secondary N) is 1. The number of aromatic nitrogens is 4. The Morgan fingerprint density at radius 1 is 1.00 bits per heavy atom. The highest BCUT2D eigenvalue weighted by atomic mass is 16.5. The van der Waals surface area contributed by atoms with Crippen molar-refractivity contribution in [2.45, 2.75) is 20.4 Å². The highest BCUT2D eigenvalue weighted by Crippen LogP contribution is 2.20. The molecule has 0 saturated heterocycles. The molecule has 4 rings (SSSR count). The molecule has 0 saturated carbocycles. The van der Waals surface area contributed by atoms with Crippen LogP contribution in [0.1, 0.15) is 17.0 Å². The van der Waals surface area contributed by atoms with Crippen molar-refractivity contribution in [3.63, 3.8) is 0 Å². The van der Waals surface area contributed by atoms with Gasteiger partial charge in [-0.2, -0.15) is 4.68 Å². The standard InChI is InChI=1S/C22H21N5O2/c1-15-7-9-19(11-16(15)2)27-21(24-25-26-27)13-23-22(28)14-29-20-10-8-17-5-3-4-6-18(17)12-20/h3-12H,13-14H2,1-2H3,(H,23,28). The average Bonchev–Trinajstić information content (AvgIpc) is 3.21. The van der Waals surface area contributed by atoms with E-state index in [9.17, 15) is 4.79 Å². The Hall–Kier alpha value is -3.74. The quantitative estimate of drug-likeness (QED) is 0.550. The van der Waals surface area contributed by atoms with Crippen molar-refractivity contribution >= 4 is 16.7 Å². The van der Waals surface area contributed by atoms with Gasteiger partial charge in [0.2, 0.25) is 0 Å². The predicted octanol–water partition coefficient (Wildman–Crippen LogP) is 3.13. The summed E-state index contributed by atoms with van der Waals surface area (Å²) in [6.07, 6.45) is 0. The fraction of sp³-hybridized carbons (Fsp3) is 0.182. The summed E-state index contributed by atoms with van der Waals surface area (Å²) in [4.78, 5) is 12.2. The summed E-state index contributed by atoms with van der Waals surface area (Å²) in [5.74, 6) is 0.957. The number of hydrogen-bond acceptors (Lipinski definition) is 5. The van der Waals surface area contributed by atoms with Crippen molar-refractivity contribution in [3.8, 4) is 11.4 Å². The van der Waals surface area contributed by atoms with Gasteiger partial charge in [-0.25, -0.2) is 0 Å². The Kier molecular flexibility index (Phi) is 5.20. The second-order valence-corrected chi connectivity index (χ2v) is 6.85. The van der Waals surface area contributed by atoms with Gasteiger partial charge in [-0.05, 0) is 70.4 Å². The summed E-state index contributed by atoms with van der Waals surface area (Å²) in [5.41, 5.74) is 3.20. The molecule has 0 unspecified atom stereocenters. The number of nitrogens with zero attached hydrogens (tertiary/aromatic N) is 4. The topological polar surface area (TPSA) is 81.9 Å². The van der Waals surface area contributed by atoms with Crippen LogP contribution in [0.25, 0.3) is 16.5 Å². The van der Waals surface area contributed by atoms with Gasteiger partial charge in [-0.15, -0.1) is 5.10 Å². The molecule has 1 aromatic heterocycles. The molecule has 146 valence electrons. The molecule has 0 fully saturated rings. The monoisotopic (exact) mass is 387 g/mol. The molecule has 0 aliphatic heterocycles. The lowest BCUT2D eigenvalue weighted by atomic mass is 10.1. The van der Waals surface area contributed by atoms with E-state index in [1.54, 1.807) is 4.68 Å². The van der Waals surface area contributed by atoms with Gasteiger partial charge in [0.15, 0.2) is 12.4 Å². The Balaban J connectivity index is 1.36. The second-order valence-electron chi connectivity index (χ2n) is 6.85. The van der Waals surface area contributed by atoms with Crippen molar-refractivity contribution in [1.82, 2.24) is 25.5 Å². The van der Waals surface area contributed by atoms with Crippen molar-refractivity contribution < 1.29 is 9.53 Å². The van der Waals surface area contributed by atoms with Gasteiger partial charge in [-0.3, -0.25) is 4.79 Å². The number of hydrogen-bond donors (Lipinski definition) is 1. The zero-order valence-electron chi connectivity index (χ0n) is 16.3. The van der Waals surface area contributed by atoms with E-state index in [0.29, 0.717) is 11.6 Å². The van der Waals surface area contributed by atoms with Crippen molar-refractivity contribution in [2.24, 2.45) is 0 Å². The van der Waals surface area contributed by atoms with Gasteiger partial charge in [0.05, 0.1) is 12.2 Å². The highest BCUT2D eigenvalue weighted by Gasteiger charge is 2.11. The zero-order chi connectivity index (χ0) is 20.2. The van der Waals surface area contributed by atoms with Crippen molar-refractivity contribution in [3.05, 3.63) is 77.6 Å². The largest absolute Gasteiger partial charge is 0.484 e. The maximum absolute atomic E-state index is 12.2. The number of ether oxygens (including phenoxy) is 1. The van der Waals surface area contributed by atoms with Crippen LogP contribution < -0.4 is 10.1 Å². The molecule has 29 heavy (non-hydrogen) atoms. The lowest BCUT2D eigenvalue weighted by molar-refractivity contribution is -0.123. The molecule has 0 aliphatic rings. The number of carbonyl (C=O) groups excluding carboxylic acids is 1. The molecule has 0 radical (unpaired) electrons. The molecule has 3 aromatic carbocycles. The van der Waals surface area contributed by atoms with Crippen LogP contribution in [-0.4, -0.2) is 32.7 Å². The summed E-state index contributed by atoms with van der Waals surface area (Å²) in [7, 11) is 0. The lowest BCUT2D eigenvalue weighted by Gasteiger charge is -2.09. The maximum atomic E-state index is 12.2. The summed E-state index contributed by atoms with van der Waals surface area (Å²) < 4.78 is 7.24. The van der Waals surface area contributed by atoms with E-state index in [4.69, 9.17) is 4.74 Å². The van der Waals surface area contributed by atoms with Gasteiger partial charge >= 0.3 is 0 Å². The summed E-state index contributed by atoms with van der Waals surface area (Å²) in [6.45, 7) is 4.22. The number of amides is 1. The molecule has 1 N–H and O–H groups in total. The predicted molar refractivity (Wildman–Crippen MR) is 110 cm³/mol. The van der Waals surface area contributed by atoms with E-state index in [2.05, 4.69) is 27.8 Å². The minimum absolute atomic E-state index is 0.0798. The molecule has 1 heterocycles. The highest BCUT2D eigenvalue weighted by molar-refractivity contribution is 5.84. The number of carbonyl (C=O) groups is 1. The lowest BCUT2D eigenvalue weighted by Crippen LogP contribution is -2.29. The minimum Gasteiger partial charge on any atom is -0.484 e. The molecule has 1 amide bonds. The smallest absolute Gasteiger partial charge is 0.258 e. The number of benzene rings is 3. The minimum atomic E-state index is -0.243. The van der Waals surface area contributed by atoms with Crippen LogP contribution in [0.5, 0.6) is 5.75 Å². The Labute approximate surface area is 168 Å². The number of tetrazole rings is 1. The normalized spacial score (nSPS) is 10.8. The van der Waals surface area contributed by atoms with E-state index >= 15 is 0 Å². The fourth-order valence-electron chi connectivity index (χ4n) is 3.01. The molecule has 7 heteroatoms. The fourth-order valence-corrected chi connectivity index (χ4v) is 3.01. The molecule has 7 nitrogen and oxygen atoms in total. The summed E-state index contributed by atoms with van der Waals surface area (Å²) >= 11 is 0. The third-order valence-corrected chi connectivity index (χ3v) is 4.80. The van der Waals surface area contributed by atoms with Crippen LogP contribution in [0.15, 0.2) is 60.7 Å². The molecule has 0 atom stereocenters. The Morgan fingerprint density at radius 3 is 2.66 bits per heavy atom. The van der Waals surface area contributed by atoms with Crippen LogP contribution in [0.3, 0.4) is 0 Å². The first-order valence-electron chi connectivity index (χ1n) is 9.33. The van der Waals surface area contributed by atoms with Gasteiger partial charge < -0.3 is 10.1 Å². The number of rotatable bonds is 6. The van der Waals surface area contributed by atoms with E-state index in [-0.39, 0.29) is 19.1 Å². The van der Waals surface area contributed by atoms with Gasteiger partial charge in [0, 0.05) is 0 Å². The molecule has 4 aromatic rings. The zero-order valence-corrected chi connectivity index (χ0v) is 16.3. The van der Waals surface area contributed by atoms with Crippen LogP contribution >= 0.6 is 0 Å².